The van der Waals surface area contributed by atoms with Crippen LogP contribution < -0.4 is 4.74 Å². The molecular weight excluding hydrogens is 255 g/mol. The summed E-state index contributed by atoms with van der Waals surface area (Å²) in [6, 6.07) is 5.72. The quantitative estimate of drug-likeness (QED) is 0.761. The molecule has 0 aliphatic rings. The van der Waals surface area contributed by atoms with E-state index in [1.54, 1.807) is 13.1 Å². The summed E-state index contributed by atoms with van der Waals surface area (Å²) < 4.78 is 40.2. The van der Waals surface area contributed by atoms with E-state index in [2.05, 4.69) is 17.2 Å². The Labute approximate surface area is 110 Å². The molecule has 1 rings (SSSR count). The Hall–Kier alpha value is -1.93. The Morgan fingerprint density at radius 2 is 2.16 bits per heavy atom. The average Bonchev–Trinajstić information content (AvgIpc) is 2.27. The molecule has 0 bridgehead atoms. The molecule has 0 aromatic heterocycles. The van der Waals surface area contributed by atoms with Gasteiger partial charge in [-0.05, 0) is 30.3 Å². The zero-order valence-electron chi connectivity index (χ0n) is 10.5. The van der Waals surface area contributed by atoms with Crippen molar-refractivity contribution in [2.45, 2.75) is 6.36 Å². The van der Waals surface area contributed by atoms with Crippen LogP contribution in [0.2, 0.25) is 0 Å². The number of nitrogens with zero attached hydrogens (tertiary/aromatic N) is 1. The molecule has 5 heteroatoms. The van der Waals surface area contributed by atoms with Gasteiger partial charge in [-0.1, -0.05) is 24.6 Å². The molecule has 1 aromatic rings. The molecule has 19 heavy (non-hydrogen) atoms. The molecule has 0 aliphatic carbocycles. The summed E-state index contributed by atoms with van der Waals surface area (Å²) in [5.74, 6) is 2.22. The topological polar surface area (TPSA) is 12.5 Å². The van der Waals surface area contributed by atoms with Gasteiger partial charge in [0.25, 0.3) is 0 Å². The summed E-state index contributed by atoms with van der Waals surface area (Å²) in [5.41, 5.74) is 1.26. The van der Waals surface area contributed by atoms with Gasteiger partial charge in [-0.15, -0.1) is 19.6 Å². The number of likely N-dealkylation sites (N-methyl/N-ethyl adjacent to an activating group) is 1. The van der Waals surface area contributed by atoms with Crippen LogP contribution in [0.5, 0.6) is 5.75 Å². The predicted molar refractivity (Wildman–Crippen MR) is 68.5 cm³/mol. The minimum Gasteiger partial charge on any atom is -0.406 e. The van der Waals surface area contributed by atoms with Gasteiger partial charge in [0.1, 0.15) is 5.75 Å². The van der Waals surface area contributed by atoms with Crippen molar-refractivity contribution >= 4 is 5.57 Å². The molecule has 1 aromatic carbocycles. The second kappa shape index (κ2) is 6.30. The average molecular weight is 269 g/mol. The first-order chi connectivity index (χ1) is 8.81. The van der Waals surface area contributed by atoms with Crippen LogP contribution in [0.25, 0.3) is 5.57 Å². The molecule has 0 fully saturated rings. The molecule has 0 N–H and O–H groups in total. The van der Waals surface area contributed by atoms with E-state index in [4.69, 9.17) is 6.42 Å². The van der Waals surface area contributed by atoms with Crippen molar-refractivity contribution in [1.82, 2.24) is 4.90 Å². The Bertz CT molecular complexity index is 488. The maximum atomic E-state index is 12.1. The molecule has 0 saturated heterocycles. The first-order valence-electron chi connectivity index (χ1n) is 5.48. The highest BCUT2D eigenvalue weighted by Crippen LogP contribution is 2.25. The maximum absolute atomic E-state index is 12.1. The molecule has 102 valence electrons. The van der Waals surface area contributed by atoms with Crippen LogP contribution in [0, 0.1) is 12.3 Å². The van der Waals surface area contributed by atoms with E-state index in [1.165, 1.54) is 18.2 Å². The summed E-state index contributed by atoms with van der Waals surface area (Å²) in [7, 11) is 1.81. The van der Waals surface area contributed by atoms with Crippen LogP contribution in [0.4, 0.5) is 13.2 Å². The highest BCUT2D eigenvalue weighted by atomic mass is 19.4. The third-order valence-corrected chi connectivity index (χ3v) is 2.30. The molecular formula is C14H14F3NO. The summed E-state index contributed by atoms with van der Waals surface area (Å²) in [4.78, 5) is 1.83. The molecule has 0 unspecified atom stereocenters. The fraction of sp³-hybridized carbons (Fsp3) is 0.286. The summed E-state index contributed by atoms with van der Waals surface area (Å²) in [6.45, 7) is 4.75. The lowest BCUT2D eigenvalue weighted by Gasteiger charge is -2.16. The standard InChI is InChI=1S/C14H14F3NO/c1-4-8-18(3)10-11(2)12-6-5-7-13(9-12)19-14(15,16)17/h1,5-7,9H,2,8,10H2,3H3. The number of hydrogen-bond acceptors (Lipinski definition) is 2. The second-order valence-corrected chi connectivity index (χ2v) is 4.06. The fourth-order valence-electron chi connectivity index (χ4n) is 1.54. The van der Waals surface area contributed by atoms with Gasteiger partial charge in [-0.2, -0.15) is 0 Å². The van der Waals surface area contributed by atoms with E-state index < -0.39 is 6.36 Å². The van der Waals surface area contributed by atoms with Crippen molar-refractivity contribution in [3.8, 4) is 18.1 Å². The van der Waals surface area contributed by atoms with E-state index in [1.807, 2.05) is 4.90 Å². The number of hydrogen-bond donors (Lipinski definition) is 0. The Morgan fingerprint density at radius 1 is 1.47 bits per heavy atom. The second-order valence-electron chi connectivity index (χ2n) is 4.06. The van der Waals surface area contributed by atoms with Gasteiger partial charge in [0.2, 0.25) is 0 Å². The number of rotatable bonds is 5. The number of benzene rings is 1. The predicted octanol–water partition coefficient (Wildman–Crippen LogP) is 3.16. The number of alkyl halides is 3. The molecule has 0 atom stereocenters. The van der Waals surface area contributed by atoms with Crippen LogP contribution in [-0.4, -0.2) is 31.4 Å². The smallest absolute Gasteiger partial charge is 0.406 e. The minimum atomic E-state index is -4.69. The summed E-state index contributed by atoms with van der Waals surface area (Å²) >= 11 is 0. The van der Waals surface area contributed by atoms with Crippen LogP contribution in [0.1, 0.15) is 5.56 Å². The monoisotopic (exact) mass is 269 g/mol. The van der Waals surface area contributed by atoms with Crippen molar-refractivity contribution in [2.75, 3.05) is 20.1 Å². The van der Waals surface area contributed by atoms with Crippen molar-refractivity contribution in [3.05, 3.63) is 36.4 Å². The van der Waals surface area contributed by atoms with Crippen LogP contribution in [0.15, 0.2) is 30.8 Å². The van der Waals surface area contributed by atoms with E-state index >= 15 is 0 Å². The Morgan fingerprint density at radius 3 is 2.74 bits per heavy atom. The zero-order valence-corrected chi connectivity index (χ0v) is 10.5. The van der Waals surface area contributed by atoms with Gasteiger partial charge in [0.15, 0.2) is 0 Å². The van der Waals surface area contributed by atoms with E-state index in [-0.39, 0.29) is 5.75 Å². The van der Waals surface area contributed by atoms with Gasteiger partial charge >= 0.3 is 6.36 Å². The minimum absolute atomic E-state index is 0.259. The molecule has 0 saturated carbocycles. The van der Waals surface area contributed by atoms with Crippen molar-refractivity contribution in [2.24, 2.45) is 0 Å². The maximum Gasteiger partial charge on any atom is 0.573 e. The molecule has 0 aliphatic heterocycles. The zero-order chi connectivity index (χ0) is 14.5. The first-order valence-corrected chi connectivity index (χ1v) is 5.48. The summed E-state index contributed by atoms with van der Waals surface area (Å²) in [6.07, 6.45) is 0.477. The third kappa shape index (κ3) is 5.49. The third-order valence-electron chi connectivity index (χ3n) is 2.30. The number of ether oxygens (including phenoxy) is 1. The Kier molecular flexibility index (Phi) is 5.02. The van der Waals surface area contributed by atoms with E-state index in [0.717, 1.165) is 0 Å². The van der Waals surface area contributed by atoms with Crippen LogP contribution in [0.3, 0.4) is 0 Å². The molecule has 2 nitrogen and oxygen atoms in total. The Balaban J connectivity index is 2.76. The lowest BCUT2D eigenvalue weighted by Crippen LogP contribution is -2.20. The van der Waals surface area contributed by atoms with Crippen LogP contribution in [-0.2, 0) is 0 Å². The van der Waals surface area contributed by atoms with Gasteiger partial charge in [0.05, 0.1) is 6.54 Å². The fourth-order valence-corrected chi connectivity index (χ4v) is 1.54. The lowest BCUT2D eigenvalue weighted by atomic mass is 10.1. The summed E-state index contributed by atoms with van der Waals surface area (Å²) in [5, 5.41) is 0. The number of terminal acetylenes is 1. The molecule has 0 amide bonds. The van der Waals surface area contributed by atoms with Crippen molar-refractivity contribution < 1.29 is 17.9 Å². The van der Waals surface area contributed by atoms with Crippen LogP contribution >= 0.6 is 0 Å². The van der Waals surface area contributed by atoms with Crippen molar-refractivity contribution in [1.29, 1.82) is 0 Å². The van der Waals surface area contributed by atoms with Gasteiger partial charge in [-0.25, -0.2) is 0 Å². The molecule has 0 heterocycles. The highest BCUT2D eigenvalue weighted by Gasteiger charge is 2.31. The molecule has 0 spiro atoms. The van der Waals surface area contributed by atoms with E-state index in [0.29, 0.717) is 24.2 Å². The van der Waals surface area contributed by atoms with Gasteiger partial charge in [0, 0.05) is 6.54 Å². The highest BCUT2D eigenvalue weighted by molar-refractivity contribution is 5.65. The first kappa shape index (κ1) is 15.1. The number of halogens is 3. The van der Waals surface area contributed by atoms with Gasteiger partial charge < -0.3 is 4.74 Å². The lowest BCUT2D eigenvalue weighted by molar-refractivity contribution is -0.274. The SMILES string of the molecule is C#CCN(C)CC(=C)c1cccc(OC(F)(F)F)c1. The van der Waals surface area contributed by atoms with E-state index in [9.17, 15) is 13.2 Å². The van der Waals surface area contributed by atoms with Gasteiger partial charge in [-0.3, -0.25) is 4.90 Å². The molecule has 0 radical (unpaired) electrons. The van der Waals surface area contributed by atoms with Crippen molar-refractivity contribution in [3.63, 3.8) is 0 Å². The largest absolute Gasteiger partial charge is 0.573 e. The normalized spacial score (nSPS) is 11.2.